The standard InChI is InChI=1S/C32H38NO2P/c34-32(35-25-31-29-21-12-1-2-13-22-30(29)31)33-23-14-24-36(26-15-6-3-7-16-26,27-17-8-4-9-18-27)28-19-10-5-11-20-28/h3-11,15-20,29-31H,1-2,12-14,21-25H2/p+1/t29-,30+,31?. The molecule has 0 heterocycles. The fraction of sp³-hybridized carbons (Fsp3) is 0.406. The molecule has 0 spiro atoms. The molecule has 2 fully saturated rings. The average Bonchev–Trinajstić information content (AvgIpc) is 3.58. The van der Waals surface area contributed by atoms with Crippen molar-refractivity contribution in [1.29, 1.82) is 0 Å². The van der Waals surface area contributed by atoms with Crippen LogP contribution in [0.4, 0.5) is 4.79 Å². The van der Waals surface area contributed by atoms with Crippen LogP contribution in [0.25, 0.3) is 0 Å². The Kier molecular flexibility index (Phi) is 8.39. The molecule has 3 atom stereocenters. The molecule has 36 heavy (non-hydrogen) atoms. The first kappa shape index (κ1) is 25.0. The van der Waals surface area contributed by atoms with E-state index in [0.29, 0.717) is 19.1 Å². The van der Waals surface area contributed by atoms with E-state index in [9.17, 15) is 4.79 Å². The zero-order valence-electron chi connectivity index (χ0n) is 21.2. The summed E-state index contributed by atoms with van der Waals surface area (Å²) in [6.07, 6.45) is 9.73. The minimum Gasteiger partial charge on any atom is -0.449 e. The number of carbonyl (C=O) groups is 1. The molecule has 1 unspecified atom stereocenters. The zero-order chi connectivity index (χ0) is 24.6. The first-order valence-electron chi connectivity index (χ1n) is 13.7. The largest absolute Gasteiger partial charge is 0.449 e. The highest BCUT2D eigenvalue weighted by atomic mass is 31.2. The summed E-state index contributed by atoms with van der Waals surface area (Å²) in [6.45, 7) is 1.22. The minimum atomic E-state index is -1.85. The highest BCUT2D eigenvalue weighted by Gasteiger charge is 2.49. The normalized spacial score (nSPS) is 21.5. The van der Waals surface area contributed by atoms with E-state index in [-0.39, 0.29) is 6.09 Å². The van der Waals surface area contributed by atoms with Crippen molar-refractivity contribution in [1.82, 2.24) is 5.32 Å². The van der Waals surface area contributed by atoms with E-state index >= 15 is 0 Å². The molecule has 1 amide bonds. The fourth-order valence-electron chi connectivity index (χ4n) is 6.35. The predicted octanol–water partition coefficient (Wildman–Crippen LogP) is 6.31. The number of nitrogens with one attached hydrogen (secondary N) is 1. The van der Waals surface area contributed by atoms with Crippen molar-refractivity contribution < 1.29 is 9.53 Å². The number of hydrogen-bond donors (Lipinski definition) is 1. The second-order valence-corrected chi connectivity index (χ2v) is 14.0. The number of ether oxygens (including phenoxy) is 1. The van der Waals surface area contributed by atoms with Gasteiger partial charge in [0.05, 0.1) is 12.8 Å². The number of hydrogen-bond acceptors (Lipinski definition) is 2. The first-order chi connectivity index (χ1) is 17.8. The lowest BCUT2D eigenvalue weighted by molar-refractivity contribution is 0.137. The van der Waals surface area contributed by atoms with Crippen LogP contribution in [0.1, 0.15) is 44.9 Å². The van der Waals surface area contributed by atoms with Gasteiger partial charge >= 0.3 is 6.09 Å². The summed E-state index contributed by atoms with van der Waals surface area (Å²) in [7, 11) is -1.85. The third-order valence-corrected chi connectivity index (χ3v) is 12.8. The molecule has 188 valence electrons. The molecule has 5 rings (SSSR count). The van der Waals surface area contributed by atoms with Crippen LogP contribution >= 0.6 is 7.26 Å². The van der Waals surface area contributed by atoms with Gasteiger partial charge in [-0.25, -0.2) is 4.79 Å². The van der Waals surface area contributed by atoms with Crippen LogP contribution in [0.5, 0.6) is 0 Å². The number of benzene rings is 3. The molecule has 0 radical (unpaired) electrons. The molecule has 1 N–H and O–H groups in total. The van der Waals surface area contributed by atoms with Gasteiger partial charge in [-0.05, 0) is 73.4 Å². The number of rotatable bonds is 9. The van der Waals surface area contributed by atoms with E-state index in [2.05, 4.69) is 96.3 Å². The summed E-state index contributed by atoms with van der Waals surface area (Å²) in [4.78, 5) is 12.5. The van der Waals surface area contributed by atoms with E-state index in [0.717, 1.165) is 24.4 Å². The second-order valence-electron chi connectivity index (χ2n) is 10.4. The Morgan fingerprint density at radius 2 is 1.19 bits per heavy atom. The molecule has 0 aliphatic heterocycles. The smallest absolute Gasteiger partial charge is 0.407 e. The monoisotopic (exact) mass is 500 g/mol. The van der Waals surface area contributed by atoms with Crippen molar-refractivity contribution in [2.45, 2.75) is 44.9 Å². The zero-order valence-corrected chi connectivity index (χ0v) is 22.1. The lowest BCUT2D eigenvalue weighted by Gasteiger charge is -2.27. The number of amides is 1. The topological polar surface area (TPSA) is 38.3 Å². The molecule has 2 aliphatic carbocycles. The van der Waals surface area contributed by atoms with Crippen LogP contribution in [0.2, 0.25) is 0 Å². The summed E-state index contributed by atoms with van der Waals surface area (Å²) in [5, 5.41) is 7.20. The summed E-state index contributed by atoms with van der Waals surface area (Å²) >= 11 is 0. The van der Waals surface area contributed by atoms with Crippen molar-refractivity contribution >= 4 is 29.3 Å². The van der Waals surface area contributed by atoms with Crippen molar-refractivity contribution in [3.8, 4) is 0 Å². The van der Waals surface area contributed by atoms with Crippen molar-refractivity contribution in [3.63, 3.8) is 0 Å². The van der Waals surface area contributed by atoms with Crippen molar-refractivity contribution in [2.75, 3.05) is 19.3 Å². The average molecular weight is 501 g/mol. The van der Waals surface area contributed by atoms with E-state index in [1.165, 1.54) is 54.4 Å². The highest BCUT2D eigenvalue weighted by Crippen LogP contribution is 2.56. The lowest BCUT2D eigenvalue weighted by atomic mass is 10.0. The maximum atomic E-state index is 12.5. The number of carbonyl (C=O) groups excluding carboxylic acids is 1. The van der Waals surface area contributed by atoms with Crippen molar-refractivity contribution in [2.24, 2.45) is 17.8 Å². The Labute approximate surface area is 217 Å². The maximum Gasteiger partial charge on any atom is 0.407 e. The predicted molar refractivity (Wildman–Crippen MR) is 152 cm³/mol. The quantitative estimate of drug-likeness (QED) is 0.276. The molecule has 3 aromatic rings. The molecular formula is C32H39NO2P+. The Morgan fingerprint density at radius 1 is 0.722 bits per heavy atom. The van der Waals surface area contributed by atoms with E-state index < -0.39 is 7.26 Å². The molecular weight excluding hydrogens is 461 g/mol. The van der Waals surface area contributed by atoms with Gasteiger partial charge in [0.2, 0.25) is 0 Å². The number of fused-ring (bicyclic) bond motifs is 1. The molecule has 2 saturated carbocycles. The minimum absolute atomic E-state index is 0.252. The van der Waals surface area contributed by atoms with Crippen LogP contribution in [-0.4, -0.2) is 25.4 Å². The van der Waals surface area contributed by atoms with Crippen LogP contribution in [-0.2, 0) is 4.74 Å². The highest BCUT2D eigenvalue weighted by molar-refractivity contribution is 7.95. The molecule has 3 nitrogen and oxygen atoms in total. The molecule has 4 heteroatoms. The third-order valence-electron chi connectivity index (χ3n) is 8.27. The Morgan fingerprint density at radius 3 is 1.67 bits per heavy atom. The molecule has 3 aromatic carbocycles. The van der Waals surface area contributed by atoms with Crippen LogP contribution in [0, 0.1) is 17.8 Å². The molecule has 2 aliphatic rings. The Hall–Kier alpha value is -2.64. The van der Waals surface area contributed by atoms with Gasteiger partial charge in [0, 0.05) is 6.54 Å². The number of alkyl carbamates (subject to hydrolysis) is 1. The van der Waals surface area contributed by atoms with E-state index in [1.54, 1.807) is 0 Å². The van der Waals surface area contributed by atoms with Gasteiger partial charge in [0.25, 0.3) is 0 Å². The van der Waals surface area contributed by atoms with Crippen LogP contribution in [0.15, 0.2) is 91.0 Å². The van der Waals surface area contributed by atoms with E-state index in [4.69, 9.17) is 4.74 Å². The summed E-state index contributed by atoms with van der Waals surface area (Å²) in [6, 6.07) is 32.8. The fourth-order valence-corrected chi connectivity index (χ4v) is 10.7. The third kappa shape index (κ3) is 5.68. The molecule has 0 saturated heterocycles. The van der Waals surface area contributed by atoms with Crippen LogP contribution < -0.4 is 21.2 Å². The van der Waals surface area contributed by atoms with Gasteiger partial charge in [-0.3, -0.25) is 0 Å². The van der Waals surface area contributed by atoms with Gasteiger partial charge in [0.15, 0.2) is 0 Å². The van der Waals surface area contributed by atoms with Crippen LogP contribution in [0.3, 0.4) is 0 Å². The summed E-state index contributed by atoms with van der Waals surface area (Å²) < 4.78 is 5.68. The lowest BCUT2D eigenvalue weighted by Crippen LogP contribution is -2.35. The van der Waals surface area contributed by atoms with Gasteiger partial charge in [-0.15, -0.1) is 0 Å². The van der Waals surface area contributed by atoms with Gasteiger partial charge < -0.3 is 10.1 Å². The first-order valence-corrected chi connectivity index (χ1v) is 15.7. The second kappa shape index (κ2) is 12.1. The SMILES string of the molecule is O=C(NCCC[P+](c1ccccc1)(c1ccccc1)c1ccccc1)OCC1[C@H]2CCCCCC[C@@H]12. The Bertz CT molecular complexity index is 978. The van der Waals surface area contributed by atoms with E-state index in [1.807, 2.05) is 0 Å². The molecule has 0 bridgehead atoms. The summed E-state index contributed by atoms with van der Waals surface area (Å²) in [5.74, 6) is 2.19. The van der Waals surface area contributed by atoms with Gasteiger partial charge in [-0.2, -0.15) is 0 Å². The van der Waals surface area contributed by atoms with Crippen molar-refractivity contribution in [3.05, 3.63) is 91.0 Å². The summed E-state index contributed by atoms with van der Waals surface area (Å²) in [5.41, 5.74) is 0. The van der Waals surface area contributed by atoms with Gasteiger partial charge in [0.1, 0.15) is 23.2 Å². The molecule has 0 aromatic heterocycles. The maximum absolute atomic E-state index is 12.5. The van der Waals surface area contributed by atoms with Gasteiger partial charge in [-0.1, -0.05) is 80.3 Å². The Balaban J connectivity index is 1.23.